The van der Waals surface area contributed by atoms with E-state index in [1.165, 1.54) is 54.6 Å². The molecule has 7 rings (SSSR count). The molecule has 0 amide bonds. The van der Waals surface area contributed by atoms with Crippen LogP contribution in [0.25, 0.3) is 21.9 Å². The van der Waals surface area contributed by atoms with E-state index in [9.17, 15) is 0 Å². The molecule has 156 valence electrons. The third kappa shape index (κ3) is 2.76. The molecule has 0 spiro atoms. The highest BCUT2D eigenvalue weighted by atomic mass is 79.9. The van der Waals surface area contributed by atoms with Crippen molar-refractivity contribution in [1.29, 1.82) is 0 Å². The van der Waals surface area contributed by atoms with Crippen LogP contribution < -0.4 is 10.4 Å². The molecular weight excluding hydrogens is 464 g/mol. The summed E-state index contributed by atoms with van der Waals surface area (Å²) in [7, 11) is 0. The van der Waals surface area contributed by atoms with Gasteiger partial charge in [-0.3, -0.25) is 0 Å². The van der Waals surface area contributed by atoms with Crippen molar-refractivity contribution < 1.29 is 0 Å². The summed E-state index contributed by atoms with van der Waals surface area (Å²) in [5.74, 6) is 0.583. The second-order valence-electron chi connectivity index (χ2n) is 8.99. The van der Waals surface area contributed by atoms with Crippen molar-refractivity contribution in [1.82, 2.24) is 0 Å². The Morgan fingerprint density at radius 1 is 0.455 bits per heavy atom. The molecule has 2 aliphatic rings. The molecule has 2 aliphatic carbocycles. The van der Waals surface area contributed by atoms with E-state index in [1.54, 1.807) is 0 Å². The second kappa shape index (κ2) is 7.30. The lowest BCUT2D eigenvalue weighted by Crippen LogP contribution is -2.38. The predicted octanol–water partition coefficient (Wildman–Crippen LogP) is 6.89. The molecule has 5 aromatic carbocycles. The molecule has 0 bridgehead atoms. The first-order valence-electron chi connectivity index (χ1n) is 11.5. The second-order valence-corrected chi connectivity index (χ2v) is 9.91. The van der Waals surface area contributed by atoms with E-state index in [0.29, 0.717) is 5.92 Å². The van der Waals surface area contributed by atoms with Gasteiger partial charge in [0.15, 0.2) is 0 Å². The van der Waals surface area contributed by atoms with Crippen LogP contribution in [0.5, 0.6) is 0 Å². The lowest BCUT2D eigenvalue weighted by Gasteiger charge is -2.32. The lowest BCUT2D eigenvalue weighted by molar-refractivity contribution is 0.791. The van der Waals surface area contributed by atoms with Gasteiger partial charge in [-0.25, -0.2) is 0 Å². The van der Waals surface area contributed by atoms with Crippen molar-refractivity contribution in [2.24, 2.45) is 0 Å². The summed E-state index contributed by atoms with van der Waals surface area (Å²) < 4.78 is 1.11. The van der Waals surface area contributed by atoms with Crippen LogP contribution in [0.3, 0.4) is 0 Å². The van der Waals surface area contributed by atoms with E-state index >= 15 is 0 Å². The molecule has 0 heterocycles. The van der Waals surface area contributed by atoms with Crippen molar-refractivity contribution in [2.75, 3.05) is 0 Å². The maximum absolute atomic E-state index is 3.63. The minimum Gasteiger partial charge on any atom is -0.0622 e. The first kappa shape index (κ1) is 19.1. The highest BCUT2D eigenvalue weighted by Gasteiger charge is 2.41. The van der Waals surface area contributed by atoms with Crippen molar-refractivity contribution in [2.45, 2.75) is 11.8 Å². The molecule has 1 heteroatoms. The minimum atomic E-state index is 0.289. The zero-order valence-electron chi connectivity index (χ0n) is 18.0. The molecule has 0 fully saturated rings. The number of rotatable bonds is 2. The lowest BCUT2D eigenvalue weighted by atomic mass is 9.70. The van der Waals surface area contributed by atoms with E-state index < -0.39 is 0 Å². The Morgan fingerprint density at radius 2 is 0.970 bits per heavy atom. The van der Waals surface area contributed by atoms with Crippen LogP contribution in [0.1, 0.15) is 34.1 Å². The minimum absolute atomic E-state index is 0.289. The monoisotopic (exact) mass is 484 g/mol. The van der Waals surface area contributed by atoms with Crippen LogP contribution >= 0.6 is 15.9 Å². The predicted molar refractivity (Wildman–Crippen MR) is 141 cm³/mol. The summed E-state index contributed by atoms with van der Waals surface area (Å²) in [6, 6.07) is 42.5. The van der Waals surface area contributed by atoms with E-state index in [-0.39, 0.29) is 5.92 Å². The van der Waals surface area contributed by atoms with Gasteiger partial charge in [0.2, 0.25) is 0 Å². The van der Waals surface area contributed by atoms with Crippen molar-refractivity contribution >= 4 is 37.8 Å². The molecule has 0 N–H and O–H groups in total. The summed E-state index contributed by atoms with van der Waals surface area (Å²) in [5, 5.41) is 5.48. The fourth-order valence-corrected chi connectivity index (χ4v) is 6.39. The summed E-state index contributed by atoms with van der Waals surface area (Å²) in [5.41, 5.74) is 8.41. The van der Waals surface area contributed by atoms with Gasteiger partial charge >= 0.3 is 0 Å². The Kier molecular flexibility index (Phi) is 4.22. The van der Waals surface area contributed by atoms with Crippen LogP contribution in [-0.2, 0) is 0 Å². The van der Waals surface area contributed by atoms with Gasteiger partial charge in [0.05, 0.1) is 0 Å². The zero-order valence-corrected chi connectivity index (χ0v) is 19.6. The van der Waals surface area contributed by atoms with E-state index in [4.69, 9.17) is 0 Å². The summed E-state index contributed by atoms with van der Waals surface area (Å²) in [4.78, 5) is 0. The molecule has 0 radical (unpaired) electrons. The number of hydrogen-bond donors (Lipinski definition) is 0. The maximum atomic E-state index is 3.63. The zero-order chi connectivity index (χ0) is 21.9. The Balaban J connectivity index is 1.69. The molecule has 5 aromatic rings. The Bertz CT molecular complexity index is 1650. The molecule has 0 saturated carbocycles. The van der Waals surface area contributed by atoms with Crippen molar-refractivity contribution in [3.05, 3.63) is 152 Å². The van der Waals surface area contributed by atoms with Crippen molar-refractivity contribution in [3.8, 4) is 0 Å². The molecule has 0 saturated heterocycles. The largest absolute Gasteiger partial charge is 0.0622 e. The smallest absolute Gasteiger partial charge is 0.0218 e. The van der Waals surface area contributed by atoms with Crippen LogP contribution in [0.4, 0.5) is 0 Å². The number of fused-ring (bicyclic) bond motifs is 4. The van der Waals surface area contributed by atoms with Gasteiger partial charge < -0.3 is 0 Å². The molecular formula is C32H21Br. The molecule has 2 unspecified atom stereocenters. The van der Waals surface area contributed by atoms with E-state index in [0.717, 1.165) is 4.47 Å². The molecule has 0 nitrogen and oxygen atoms in total. The van der Waals surface area contributed by atoms with E-state index in [2.05, 4.69) is 131 Å². The average Bonchev–Trinajstić information content (AvgIpc) is 3.20. The van der Waals surface area contributed by atoms with E-state index in [1.807, 2.05) is 0 Å². The number of benzene rings is 5. The third-order valence-corrected chi connectivity index (χ3v) is 7.87. The van der Waals surface area contributed by atoms with Gasteiger partial charge in [-0.1, -0.05) is 119 Å². The molecule has 33 heavy (non-hydrogen) atoms. The highest BCUT2D eigenvalue weighted by Crippen LogP contribution is 2.56. The van der Waals surface area contributed by atoms with Gasteiger partial charge in [0.1, 0.15) is 0 Å². The standard InChI is InChI=1S/C32H21Br/c33-23-18-16-22(17-19-23)30-25-13-5-4-12-24(25)29(21-8-2-1-3-9-21)31-26-14-6-10-20-11-7-15-27(28(20)26)32(30)31/h1-19,31-32H. The summed E-state index contributed by atoms with van der Waals surface area (Å²) >= 11 is 3.63. The Morgan fingerprint density at radius 3 is 1.55 bits per heavy atom. The number of hydrogen-bond acceptors (Lipinski definition) is 0. The molecule has 2 atom stereocenters. The van der Waals surface area contributed by atoms with Gasteiger partial charge in [-0.2, -0.15) is 0 Å². The van der Waals surface area contributed by atoms with Crippen molar-refractivity contribution in [3.63, 3.8) is 0 Å². The third-order valence-electron chi connectivity index (χ3n) is 7.34. The average molecular weight is 485 g/mol. The fraction of sp³-hybridized carbons (Fsp3) is 0.0625. The van der Waals surface area contributed by atoms with Gasteiger partial charge in [0.25, 0.3) is 0 Å². The Labute approximate surface area is 201 Å². The Hall–Kier alpha value is -3.42. The maximum Gasteiger partial charge on any atom is 0.0218 e. The van der Waals surface area contributed by atoms with Crippen LogP contribution in [-0.4, -0.2) is 0 Å². The molecule has 0 aliphatic heterocycles. The van der Waals surface area contributed by atoms with Gasteiger partial charge in [0, 0.05) is 16.3 Å². The number of halogens is 1. The van der Waals surface area contributed by atoms with Crippen LogP contribution in [0.2, 0.25) is 0 Å². The quantitative estimate of drug-likeness (QED) is 0.255. The van der Waals surface area contributed by atoms with Crippen LogP contribution in [0, 0.1) is 0 Å². The summed E-state index contributed by atoms with van der Waals surface area (Å²) in [6.45, 7) is 0. The first-order valence-corrected chi connectivity index (χ1v) is 12.3. The fourth-order valence-electron chi connectivity index (χ4n) is 6.13. The normalized spacial score (nSPS) is 18.3. The first-order chi connectivity index (χ1) is 16.3. The highest BCUT2D eigenvalue weighted by molar-refractivity contribution is 9.10. The van der Waals surface area contributed by atoms with Gasteiger partial charge in [-0.15, -0.1) is 0 Å². The van der Waals surface area contributed by atoms with Crippen LogP contribution in [0.15, 0.2) is 120 Å². The molecule has 0 aromatic heterocycles. The van der Waals surface area contributed by atoms with Gasteiger partial charge in [-0.05, 0) is 66.7 Å². The SMILES string of the molecule is Brc1ccc(C2=c3ccccc3=C(c3ccccc3)C3c4cccc5cccc(c45)C23)cc1. The topological polar surface area (TPSA) is 0 Å². The summed E-state index contributed by atoms with van der Waals surface area (Å²) in [6.07, 6.45) is 0.